The van der Waals surface area contributed by atoms with Gasteiger partial charge in [-0.25, -0.2) is 17.6 Å². The summed E-state index contributed by atoms with van der Waals surface area (Å²) < 4.78 is 42.8. The maximum absolute atomic E-state index is 13.7. The Labute approximate surface area is 123 Å². The first-order valence-electron chi connectivity index (χ1n) is 6.57. The minimum Gasteiger partial charge on any atom is -0.478 e. The molecular weight excluding hydrogens is 299 g/mol. The number of hydrogen-bond acceptors (Lipinski definition) is 4. The van der Waals surface area contributed by atoms with Gasteiger partial charge >= 0.3 is 5.97 Å². The second kappa shape index (κ2) is 7.51. The van der Waals surface area contributed by atoms with Crippen molar-refractivity contribution in [3.05, 3.63) is 29.6 Å². The molecule has 1 rings (SSSR count). The summed E-state index contributed by atoms with van der Waals surface area (Å²) in [6.07, 6.45) is 0.821. The minimum absolute atomic E-state index is 0.0187. The standard InChI is InChI=1S/C14H19FO5S/c1-10(2)5-6-20-7-8-21(18,19)13-4-3-11(14(16)17)9-12(13)15/h3-4,9-10H,5-8H2,1-2H3,(H,16,17). The Hall–Kier alpha value is -1.47. The van der Waals surface area contributed by atoms with E-state index in [4.69, 9.17) is 9.84 Å². The van der Waals surface area contributed by atoms with Crippen LogP contribution in [0.15, 0.2) is 23.1 Å². The average molecular weight is 318 g/mol. The zero-order valence-electron chi connectivity index (χ0n) is 12.0. The van der Waals surface area contributed by atoms with Crippen LogP contribution in [0.25, 0.3) is 0 Å². The Balaban J connectivity index is 2.68. The summed E-state index contributed by atoms with van der Waals surface area (Å²) in [5.74, 6) is -2.25. The fourth-order valence-corrected chi connectivity index (χ4v) is 2.77. The third-order valence-electron chi connectivity index (χ3n) is 2.85. The van der Waals surface area contributed by atoms with Crippen LogP contribution in [-0.2, 0) is 14.6 Å². The molecule has 0 spiro atoms. The number of benzene rings is 1. The van der Waals surface area contributed by atoms with Gasteiger partial charge in [0.1, 0.15) is 10.7 Å². The summed E-state index contributed by atoms with van der Waals surface area (Å²) in [6.45, 7) is 4.49. The topological polar surface area (TPSA) is 80.7 Å². The molecule has 5 nitrogen and oxygen atoms in total. The predicted molar refractivity (Wildman–Crippen MR) is 75.7 cm³/mol. The van der Waals surface area contributed by atoms with Gasteiger partial charge in [0.15, 0.2) is 9.84 Å². The summed E-state index contributed by atoms with van der Waals surface area (Å²) in [5, 5.41) is 8.71. The molecule has 0 radical (unpaired) electrons. The highest BCUT2D eigenvalue weighted by Gasteiger charge is 2.20. The number of ether oxygens (including phenoxy) is 1. The molecule has 1 aromatic carbocycles. The van der Waals surface area contributed by atoms with E-state index in [0.717, 1.165) is 18.6 Å². The summed E-state index contributed by atoms with van der Waals surface area (Å²) in [5.41, 5.74) is -0.292. The molecule has 0 aliphatic rings. The summed E-state index contributed by atoms with van der Waals surface area (Å²) in [6, 6.07) is 2.75. The monoisotopic (exact) mass is 318 g/mol. The van der Waals surface area contributed by atoms with Crippen LogP contribution in [0.4, 0.5) is 4.39 Å². The van der Waals surface area contributed by atoms with Crippen molar-refractivity contribution in [3.63, 3.8) is 0 Å². The van der Waals surface area contributed by atoms with Crippen LogP contribution < -0.4 is 0 Å². The molecule has 0 bridgehead atoms. The van der Waals surface area contributed by atoms with E-state index in [1.807, 2.05) is 13.8 Å². The Kier molecular flexibility index (Phi) is 6.29. The van der Waals surface area contributed by atoms with Crippen LogP contribution in [0, 0.1) is 11.7 Å². The molecule has 118 valence electrons. The molecule has 0 aliphatic heterocycles. The van der Waals surface area contributed by atoms with Gasteiger partial charge in [-0.05, 0) is 30.5 Å². The van der Waals surface area contributed by atoms with E-state index >= 15 is 0 Å². The molecule has 1 aromatic rings. The van der Waals surface area contributed by atoms with Gasteiger partial charge < -0.3 is 9.84 Å². The molecule has 0 unspecified atom stereocenters. The molecule has 0 aliphatic carbocycles. The molecule has 21 heavy (non-hydrogen) atoms. The Morgan fingerprint density at radius 1 is 1.33 bits per heavy atom. The number of sulfone groups is 1. The van der Waals surface area contributed by atoms with Crippen molar-refractivity contribution < 1.29 is 27.4 Å². The Morgan fingerprint density at radius 2 is 2.00 bits per heavy atom. The quantitative estimate of drug-likeness (QED) is 0.744. The van der Waals surface area contributed by atoms with Crippen LogP contribution >= 0.6 is 0 Å². The summed E-state index contributed by atoms with van der Waals surface area (Å²) in [7, 11) is -3.83. The van der Waals surface area contributed by atoms with E-state index in [2.05, 4.69) is 0 Å². The zero-order chi connectivity index (χ0) is 16.0. The fraction of sp³-hybridized carbons (Fsp3) is 0.500. The molecule has 0 saturated heterocycles. The van der Waals surface area contributed by atoms with Gasteiger partial charge in [0.05, 0.1) is 17.9 Å². The third kappa shape index (κ3) is 5.43. The van der Waals surface area contributed by atoms with Gasteiger partial charge in [-0.3, -0.25) is 0 Å². The van der Waals surface area contributed by atoms with Gasteiger partial charge in [-0.2, -0.15) is 0 Å². The van der Waals surface area contributed by atoms with Crippen LogP contribution in [0.1, 0.15) is 30.6 Å². The SMILES string of the molecule is CC(C)CCOCCS(=O)(=O)c1ccc(C(=O)O)cc1F. The minimum atomic E-state index is -3.83. The molecule has 0 saturated carbocycles. The number of carboxylic acids is 1. The summed E-state index contributed by atoms with van der Waals surface area (Å²) >= 11 is 0. The lowest BCUT2D eigenvalue weighted by Crippen LogP contribution is -2.15. The van der Waals surface area contributed by atoms with Gasteiger partial charge in [0.25, 0.3) is 0 Å². The van der Waals surface area contributed by atoms with Gasteiger partial charge in [0.2, 0.25) is 0 Å². The number of aromatic carboxylic acids is 1. The molecule has 0 atom stereocenters. The smallest absolute Gasteiger partial charge is 0.335 e. The van der Waals surface area contributed by atoms with E-state index in [9.17, 15) is 17.6 Å². The first kappa shape index (κ1) is 17.6. The first-order chi connectivity index (χ1) is 9.74. The Morgan fingerprint density at radius 3 is 2.52 bits per heavy atom. The molecule has 0 aromatic heterocycles. The van der Waals surface area contributed by atoms with E-state index in [1.54, 1.807) is 0 Å². The van der Waals surface area contributed by atoms with Crippen LogP contribution in [0.5, 0.6) is 0 Å². The van der Waals surface area contributed by atoms with Crippen molar-refractivity contribution in [2.75, 3.05) is 19.0 Å². The number of carboxylic acid groups (broad SMARTS) is 1. The van der Waals surface area contributed by atoms with Gasteiger partial charge in [-0.1, -0.05) is 13.8 Å². The van der Waals surface area contributed by atoms with Crippen molar-refractivity contribution >= 4 is 15.8 Å². The van der Waals surface area contributed by atoms with Crippen molar-refractivity contribution in [3.8, 4) is 0 Å². The Bertz CT molecular complexity index is 595. The number of rotatable bonds is 8. The van der Waals surface area contributed by atoms with E-state index in [0.29, 0.717) is 18.6 Å². The van der Waals surface area contributed by atoms with Crippen LogP contribution in [0.2, 0.25) is 0 Å². The lowest BCUT2D eigenvalue weighted by atomic mass is 10.1. The lowest BCUT2D eigenvalue weighted by molar-refractivity contribution is 0.0696. The van der Waals surface area contributed by atoms with E-state index in [1.165, 1.54) is 0 Å². The maximum Gasteiger partial charge on any atom is 0.335 e. The van der Waals surface area contributed by atoms with Gasteiger partial charge in [-0.15, -0.1) is 0 Å². The highest BCUT2D eigenvalue weighted by Crippen LogP contribution is 2.17. The third-order valence-corrected chi connectivity index (χ3v) is 4.56. The van der Waals surface area contributed by atoms with E-state index in [-0.39, 0.29) is 17.9 Å². The molecule has 7 heteroatoms. The van der Waals surface area contributed by atoms with Crippen LogP contribution in [-0.4, -0.2) is 38.5 Å². The van der Waals surface area contributed by atoms with Gasteiger partial charge in [0, 0.05) is 6.61 Å². The number of carbonyl (C=O) groups is 1. The van der Waals surface area contributed by atoms with E-state index < -0.39 is 26.5 Å². The average Bonchev–Trinajstić information content (AvgIpc) is 2.37. The zero-order valence-corrected chi connectivity index (χ0v) is 12.8. The van der Waals surface area contributed by atoms with Crippen molar-refractivity contribution in [1.82, 2.24) is 0 Å². The molecule has 0 fully saturated rings. The van der Waals surface area contributed by atoms with Crippen LogP contribution in [0.3, 0.4) is 0 Å². The van der Waals surface area contributed by atoms with Crippen molar-refractivity contribution in [2.24, 2.45) is 5.92 Å². The summed E-state index contributed by atoms with van der Waals surface area (Å²) in [4.78, 5) is 10.2. The largest absolute Gasteiger partial charge is 0.478 e. The second-order valence-corrected chi connectivity index (χ2v) is 7.14. The predicted octanol–water partition coefficient (Wildman–Crippen LogP) is 2.36. The number of halogens is 1. The molecule has 0 heterocycles. The van der Waals surface area contributed by atoms with Crippen molar-refractivity contribution in [1.29, 1.82) is 0 Å². The second-order valence-electron chi connectivity index (χ2n) is 5.06. The normalized spacial score (nSPS) is 11.8. The molecular formula is C14H19FO5S. The molecule has 1 N–H and O–H groups in total. The molecule has 0 amide bonds. The number of hydrogen-bond donors (Lipinski definition) is 1. The fourth-order valence-electron chi connectivity index (χ4n) is 1.59. The maximum atomic E-state index is 13.7. The van der Waals surface area contributed by atoms with Crippen molar-refractivity contribution in [2.45, 2.75) is 25.2 Å². The highest BCUT2D eigenvalue weighted by molar-refractivity contribution is 7.91. The highest BCUT2D eigenvalue weighted by atomic mass is 32.2. The lowest BCUT2D eigenvalue weighted by Gasteiger charge is -2.08. The first-order valence-corrected chi connectivity index (χ1v) is 8.22.